The van der Waals surface area contributed by atoms with Crippen LogP contribution in [0.2, 0.25) is 0 Å². The summed E-state index contributed by atoms with van der Waals surface area (Å²) < 4.78 is 5.61. The fourth-order valence-electron chi connectivity index (χ4n) is 2.80. The highest BCUT2D eigenvalue weighted by atomic mass is 16.3. The fourth-order valence-corrected chi connectivity index (χ4v) is 2.80. The standard InChI is InChI=1S/C15H25NO/c1-12-9-10-15(17-12)13(2)16-11-5-8-14-6-3-4-7-14/h9-10,13-14,16H,3-8,11H2,1-2H3. The van der Waals surface area contributed by atoms with Gasteiger partial charge in [-0.05, 0) is 51.3 Å². The SMILES string of the molecule is Cc1ccc(C(C)NCCCC2CCCC2)o1. The second kappa shape index (κ2) is 6.25. The van der Waals surface area contributed by atoms with E-state index in [4.69, 9.17) is 4.42 Å². The Hall–Kier alpha value is -0.760. The first-order chi connectivity index (χ1) is 8.25. The molecule has 2 heteroatoms. The van der Waals surface area contributed by atoms with Crippen LogP contribution in [0, 0.1) is 12.8 Å². The average molecular weight is 235 g/mol. The summed E-state index contributed by atoms with van der Waals surface area (Å²) in [6, 6.07) is 4.45. The molecule has 17 heavy (non-hydrogen) atoms. The molecule has 1 saturated carbocycles. The van der Waals surface area contributed by atoms with E-state index in [1.165, 1.54) is 38.5 Å². The molecule has 96 valence electrons. The highest BCUT2D eigenvalue weighted by molar-refractivity contribution is 5.08. The van der Waals surface area contributed by atoms with Crippen LogP contribution in [0.5, 0.6) is 0 Å². The predicted molar refractivity (Wildman–Crippen MR) is 71.1 cm³/mol. The normalized spacial score (nSPS) is 18.7. The van der Waals surface area contributed by atoms with Crippen LogP contribution >= 0.6 is 0 Å². The van der Waals surface area contributed by atoms with Crippen LogP contribution in [0.3, 0.4) is 0 Å². The minimum absolute atomic E-state index is 0.340. The fraction of sp³-hybridized carbons (Fsp3) is 0.733. The lowest BCUT2D eigenvalue weighted by molar-refractivity contribution is 0.402. The third-order valence-electron chi connectivity index (χ3n) is 3.90. The van der Waals surface area contributed by atoms with Crippen LogP contribution in [-0.2, 0) is 0 Å². The molecule has 1 aromatic rings. The zero-order chi connectivity index (χ0) is 12.1. The summed E-state index contributed by atoms with van der Waals surface area (Å²) in [6.07, 6.45) is 8.55. The highest BCUT2D eigenvalue weighted by Crippen LogP contribution is 2.28. The van der Waals surface area contributed by atoms with Crippen LogP contribution in [0.1, 0.15) is 63.0 Å². The molecule has 0 amide bonds. The Morgan fingerprint density at radius 3 is 2.76 bits per heavy atom. The minimum atomic E-state index is 0.340. The quantitative estimate of drug-likeness (QED) is 0.747. The molecule has 1 fully saturated rings. The number of furan rings is 1. The molecule has 2 rings (SSSR count). The van der Waals surface area contributed by atoms with Gasteiger partial charge in [0.25, 0.3) is 0 Å². The summed E-state index contributed by atoms with van der Waals surface area (Å²) in [5.74, 6) is 3.07. The van der Waals surface area contributed by atoms with Crippen LogP contribution in [0.15, 0.2) is 16.5 Å². The van der Waals surface area contributed by atoms with Crippen LogP contribution in [0.25, 0.3) is 0 Å². The van der Waals surface area contributed by atoms with Gasteiger partial charge in [-0.2, -0.15) is 0 Å². The third kappa shape index (κ3) is 3.88. The molecule has 1 aromatic heterocycles. The Morgan fingerprint density at radius 1 is 1.35 bits per heavy atom. The zero-order valence-corrected chi connectivity index (χ0v) is 11.2. The van der Waals surface area contributed by atoms with E-state index in [0.29, 0.717) is 6.04 Å². The van der Waals surface area contributed by atoms with Crippen molar-refractivity contribution in [2.45, 2.75) is 58.4 Å². The van der Waals surface area contributed by atoms with Crippen LogP contribution < -0.4 is 5.32 Å². The number of aryl methyl sites for hydroxylation is 1. The lowest BCUT2D eigenvalue weighted by Crippen LogP contribution is -2.19. The Bertz CT molecular complexity index is 325. The maximum absolute atomic E-state index is 5.61. The minimum Gasteiger partial charge on any atom is -0.465 e. The summed E-state index contributed by atoms with van der Waals surface area (Å²) in [6.45, 7) is 5.28. The molecule has 1 aliphatic carbocycles. The van der Waals surface area contributed by atoms with Gasteiger partial charge in [-0.25, -0.2) is 0 Å². The summed E-state index contributed by atoms with van der Waals surface area (Å²) in [4.78, 5) is 0. The number of hydrogen-bond acceptors (Lipinski definition) is 2. The maximum atomic E-state index is 5.61. The van der Waals surface area contributed by atoms with Crippen molar-refractivity contribution in [1.29, 1.82) is 0 Å². The van der Waals surface area contributed by atoms with Gasteiger partial charge in [-0.3, -0.25) is 0 Å². The van der Waals surface area contributed by atoms with Crippen LogP contribution in [-0.4, -0.2) is 6.54 Å². The summed E-state index contributed by atoms with van der Waals surface area (Å²) in [7, 11) is 0. The summed E-state index contributed by atoms with van der Waals surface area (Å²) in [5, 5.41) is 3.54. The number of nitrogens with one attached hydrogen (secondary N) is 1. The third-order valence-corrected chi connectivity index (χ3v) is 3.90. The van der Waals surface area contributed by atoms with Crippen molar-refractivity contribution in [3.63, 3.8) is 0 Å². The van der Waals surface area contributed by atoms with Gasteiger partial charge in [0.15, 0.2) is 0 Å². The molecule has 2 nitrogen and oxygen atoms in total. The van der Waals surface area contributed by atoms with E-state index < -0.39 is 0 Å². The highest BCUT2D eigenvalue weighted by Gasteiger charge is 2.14. The average Bonchev–Trinajstić information content (AvgIpc) is 2.95. The van der Waals surface area contributed by atoms with E-state index in [9.17, 15) is 0 Å². The molecule has 0 radical (unpaired) electrons. The van der Waals surface area contributed by atoms with Gasteiger partial charge in [0.05, 0.1) is 6.04 Å². The molecule has 1 atom stereocenters. The van der Waals surface area contributed by atoms with Crippen molar-refractivity contribution in [1.82, 2.24) is 5.32 Å². The van der Waals surface area contributed by atoms with E-state index >= 15 is 0 Å². The van der Waals surface area contributed by atoms with Crippen molar-refractivity contribution in [3.05, 3.63) is 23.7 Å². The Kier molecular flexibility index (Phi) is 4.66. The molecule has 1 unspecified atom stereocenters. The predicted octanol–water partition coefficient (Wildman–Crippen LogP) is 4.21. The van der Waals surface area contributed by atoms with Crippen molar-refractivity contribution < 1.29 is 4.42 Å². The maximum Gasteiger partial charge on any atom is 0.120 e. The number of hydrogen-bond donors (Lipinski definition) is 1. The van der Waals surface area contributed by atoms with Crippen LogP contribution in [0.4, 0.5) is 0 Å². The van der Waals surface area contributed by atoms with Gasteiger partial charge in [-0.15, -0.1) is 0 Å². The molecular formula is C15H25NO. The number of rotatable bonds is 6. The molecule has 0 saturated heterocycles. The van der Waals surface area contributed by atoms with Gasteiger partial charge in [-0.1, -0.05) is 25.7 Å². The first kappa shape index (κ1) is 12.7. The second-order valence-electron chi connectivity index (χ2n) is 5.42. The molecule has 0 aromatic carbocycles. The monoisotopic (exact) mass is 235 g/mol. The zero-order valence-electron chi connectivity index (χ0n) is 11.2. The van der Waals surface area contributed by atoms with Crippen molar-refractivity contribution in [2.75, 3.05) is 6.54 Å². The Labute approximate surface area is 105 Å². The topological polar surface area (TPSA) is 25.2 Å². The van der Waals surface area contributed by atoms with Gasteiger partial charge in [0, 0.05) is 0 Å². The largest absolute Gasteiger partial charge is 0.465 e. The van der Waals surface area contributed by atoms with Gasteiger partial charge >= 0.3 is 0 Å². The van der Waals surface area contributed by atoms with E-state index in [1.807, 2.05) is 13.0 Å². The van der Waals surface area contributed by atoms with E-state index in [-0.39, 0.29) is 0 Å². The lowest BCUT2D eigenvalue weighted by Gasteiger charge is -2.13. The molecule has 0 spiro atoms. The van der Waals surface area contributed by atoms with E-state index in [1.54, 1.807) is 0 Å². The molecule has 1 N–H and O–H groups in total. The first-order valence-electron chi connectivity index (χ1n) is 7.05. The molecular weight excluding hydrogens is 210 g/mol. The molecule has 1 heterocycles. The Morgan fingerprint density at radius 2 is 2.12 bits per heavy atom. The van der Waals surface area contributed by atoms with Gasteiger partial charge < -0.3 is 9.73 Å². The van der Waals surface area contributed by atoms with E-state index in [2.05, 4.69) is 18.3 Å². The van der Waals surface area contributed by atoms with Crippen molar-refractivity contribution >= 4 is 0 Å². The second-order valence-corrected chi connectivity index (χ2v) is 5.42. The molecule has 0 bridgehead atoms. The van der Waals surface area contributed by atoms with Crippen molar-refractivity contribution in [3.8, 4) is 0 Å². The smallest absolute Gasteiger partial charge is 0.120 e. The summed E-state index contributed by atoms with van der Waals surface area (Å²) >= 11 is 0. The Balaban J connectivity index is 1.61. The lowest BCUT2D eigenvalue weighted by atomic mass is 10.0. The van der Waals surface area contributed by atoms with Crippen molar-refractivity contribution in [2.24, 2.45) is 5.92 Å². The van der Waals surface area contributed by atoms with Gasteiger partial charge in [0.2, 0.25) is 0 Å². The first-order valence-corrected chi connectivity index (χ1v) is 7.05. The van der Waals surface area contributed by atoms with E-state index in [0.717, 1.165) is 24.0 Å². The summed E-state index contributed by atoms with van der Waals surface area (Å²) in [5.41, 5.74) is 0. The molecule has 0 aliphatic heterocycles. The van der Waals surface area contributed by atoms with Gasteiger partial charge in [0.1, 0.15) is 11.5 Å². The molecule has 1 aliphatic rings.